The summed E-state index contributed by atoms with van der Waals surface area (Å²) in [6, 6.07) is 7.82. The molecule has 0 fully saturated rings. The lowest BCUT2D eigenvalue weighted by atomic mass is 10.2. The number of hydrogen-bond acceptors (Lipinski definition) is 3. The van der Waals surface area contributed by atoms with Gasteiger partial charge in [0.15, 0.2) is 5.16 Å². The van der Waals surface area contributed by atoms with Gasteiger partial charge in [-0.25, -0.2) is 4.98 Å². The Kier molecular flexibility index (Phi) is 6.28. The van der Waals surface area contributed by atoms with Gasteiger partial charge in [-0.05, 0) is 38.8 Å². The number of unbranched alkanes of at least 4 members (excludes halogenated alkanes) is 1. The average molecular weight is 331 g/mol. The first-order chi connectivity index (χ1) is 11.0. The molecule has 0 unspecified atom stereocenters. The van der Waals surface area contributed by atoms with E-state index in [0.717, 1.165) is 41.5 Å². The second-order valence-corrected chi connectivity index (χ2v) is 6.66. The van der Waals surface area contributed by atoms with Gasteiger partial charge in [0.1, 0.15) is 0 Å². The quantitative estimate of drug-likeness (QED) is 0.768. The van der Waals surface area contributed by atoms with Crippen LogP contribution in [0.2, 0.25) is 0 Å². The van der Waals surface area contributed by atoms with E-state index in [-0.39, 0.29) is 5.91 Å². The second kappa shape index (κ2) is 8.20. The lowest BCUT2D eigenvalue weighted by Crippen LogP contribution is -2.15. The van der Waals surface area contributed by atoms with Crippen molar-refractivity contribution in [2.75, 3.05) is 11.1 Å². The Morgan fingerprint density at radius 3 is 2.70 bits per heavy atom. The average Bonchev–Trinajstić information content (AvgIpc) is 2.80. The van der Waals surface area contributed by atoms with Gasteiger partial charge >= 0.3 is 0 Å². The minimum absolute atomic E-state index is 0.00430. The maximum atomic E-state index is 12.2. The van der Waals surface area contributed by atoms with E-state index in [0.29, 0.717) is 5.75 Å². The van der Waals surface area contributed by atoms with Gasteiger partial charge in [0.05, 0.1) is 11.4 Å². The van der Waals surface area contributed by atoms with Gasteiger partial charge in [0.25, 0.3) is 0 Å². The summed E-state index contributed by atoms with van der Waals surface area (Å²) in [7, 11) is 0. The minimum atomic E-state index is 0.00430. The second-order valence-electron chi connectivity index (χ2n) is 5.72. The number of anilines is 1. The van der Waals surface area contributed by atoms with Crippen molar-refractivity contribution in [3.05, 3.63) is 41.2 Å². The number of carbonyl (C=O) groups is 1. The highest BCUT2D eigenvalue weighted by Gasteiger charge is 2.13. The number of benzene rings is 1. The number of nitrogens with one attached hydrogen (secondary N) is 1. The van der Waals surface area contributed by atoms with Crippen LogP contribution in [0.5, 0.6) is 0 Å². The minimum Gasteiger partial charge on any atom is -0.325 e. The fourth-order valence-corrected chi connectivity index (χ4v) is 3.26. The third kappa shape index (κ3) is 4.61. The highest BCUT2D eigenvalue weighted by molar-refractivity contribution is 7.99. The molecular formula is C18H25N3OS. The fourth-order valence-electron chi connectivity index (χ4n) is 2.34. The number of amides is 1. The van der Waals surface area contributed by atoms with E-state index in [2.05, 4.69) is 28.7 Å². The zero-order valence-electron chi connectivity index (χ0n) is 14.3. The van der Waals surface area contributed by atoms with Crippen LogP contribution in [0.1, 0.15) is 36.7 Å². The molecule has 0 bridgehead atoms. The first-order valence-electron chi connectivity index (χ1n) is 8.05. The maximum absolute atomic E-state index is 12.2. The molecule has 1 aromatic heterocycles. The van der Waals surface area contributed by atoms with E-state index < -0.39 is 0 Å². The SMILES string of the molecule is CCCCn1c(SCC(=O)Nc2ccccc2C)nc(C)c1C. The highest BCUT2D eigenvalue weighted by atomic mass is 32.2. The van der Waals surface area contributed by atoms with Gasteiger partial charge in [-0.1, -0.05) is 43.3 Å². The van der Waals surface area contributed by atoms with Crippen LogP contribution in [-0.4, -0.2) is 21.2 Å². The van der Waals surface area contributed by atoms with Crippen molar-refractivity contribution in [1.29, 1.82) is 0 Å². The lowest BCUT2D eigenvalue weighted by molar-refractivity contribution is -0.113. The van der Waals surface area contributed by atoms with Gasteiger partial charge in [-0.15, -0.1) is 0 Å². The smallest absolute Gasteiger partial charge is 0.234 e. The molecule has 124 valence electrons. The zero-order valence-corrected chi connectivity index (χ0v) is 15.2. The molecule has 23 heavy (non-hydrogen) atoms. The summed E-state index contributed by atoms with van der Waals surface area (Å²) in [6.07, 6.45) is 2.27. The predicted molar refractivity (Wildman–Crippen MR) is 97.1 cm³/mol. The van der Waals surface area contributed by atoms with Crippen molar-refractivity contribution in [1.82, 2.24) is 9.55 Å². The Morgan fingerprint density at radius 1 is 1.26 bits per heavy atom. The van der Waals surface area contributed by atoms with E-state index >= 15 is 0 Å². The van der Waals surface area contributed by atoms with E-state index in [1.165, 1.54) is 17.5 Å². The first kappa shape index (κ1) is 17.6. The first-order valence-corrected chi connectivity index (χ1v) is 9.03. The van der Waals surface area contributed by atoms with Crippen molar-refractivity contribution in [3.8, 4) is 0 Å². The number of imidazole rings is 1. The molecule has 1 aromatic carbocycles. The summed E-state index contributed by atoms with van der Waals surface area (Å²) in [5.74, 6) is 0.376. The third-order valence-electron chi connectivity index (χ3n) is 3.91. The highest BCUT2D eigenvalue weighted by Crippen LogP contribution is 2.22. The molecule has 1 N–H and O–H groups in total. The summed E-state index contributed by atoms with van der Waals surface area (Å²) in [5.41, 5.74) is 4.19. The molecule has 0 radical (unpaired) electrons. The van der Waals surface area contributed by atoms with Crippen molar-refractivity contribution in [3.63, 3.8) is 0 Å². The third-order valence-corrected chi connectivity index (χ3v) is 4.89. The van der Waals surface area contributed by atoms with Crippen LogP contribution < -0.4 is 5.32 Å². The number of aryl methyl sites for hydroxylation is 2. The summed E-state index contributed by atoms with van der Waals surface area (Å²) < 4.78 is 2.23. The van der Waals surface area contributed by atoms with Crippen LogP contribution in [0.15, 0.2) is 29.4 Å². The standard InChI is InChI=1S/C18H25N3OS/c1-5-6-11-21-15(4)14(3)19-18(21)23-12-17(22)20-16-10-8-7-9-13(16)2/h7-10H,5-6,11-12H2,1-4H3,(H,20,22). The Labute approximate surface area is 142 Å². The topological polar surface area (TPSA) is 46.9 Å². The predicted octanol–water partition coefficient (Wildman–Crippen LogP) is 4.34. The Bertz CT molecular complexity index is 679. The van der Waals surface area contributed by atoms with Crippen molar-refractivity contribution in [2.24, 2.45) is 0 Å². The van der Waals surface area contributed by atoms with Gasteiger partial charge in [0, 0.05) is 17.9 Å². The normalized spacial score (nSPS) is 10.8. The summed E-state index contributed by atoms with van der Waals surface area (Å²) in [4.78, 5) is 16.8. The van der Waals surface area contributed by atoms with Crippen LogP contribution >= 0.6 is 11.8 Å². The molecule has 0 saturated heterocycles. The van der Waals surface area contributed by atoms with E-state index in [4.69, 9.17) is 0 Å². The molecule has 0 aliphatic rings. The van der Waals surface area contributed by atoms with Gasteiger partial charge in [-0.3, -0.25) is 4.79 Å². The fraction of sp³-hybridized carbons (Fsp3) is 0.444. The molecule has 4 nitrogen and oxygen atoms in total. The van der Waals surface area contributed by atoms with Crippen LogP contribution in [0, 0.1) is 20.8 Å². The van der Waals surface area contributed by atoms with Crippen LogP contribution in [-0.2, 0) is 11.3 Å². The van der Waals surface area contributed by atoms with Crippen molar-refractivity contribution >= 4 is 23.4 Å². The molecule has 0 spiro atoms. The van der Waals surface area contributed by atoms with Crippen LogP contribution in [0.3, 0.4) is 0 Å². The number of para-hydroxylation sites is 1. The van der Waals surface area contributed by atoms with Gasteiger partial charge in [0.2, 0.25) is 5.91 Å². The van der Waals surface area contributed by atoms with Crippen LogP contribution in [0.4, 0.5) is 5.69 Å². The van der Waals surface area contributed by atoms with E-state index in [9.17, 15) is 4.79 Å². The molecule has 2 rings (SSSR count). The van der Waals surface area contributed by atoms with Crippen molar-refractivity contribution in [2.45, 2.75) is 52.2 Å². The number of hydrogen-bond donors (Lipinski definition) is 1. The molecule has 1 heterocycles. The van der Waals surface area contributed by atoms with Gasteiger partial charge in [-0.2, -0.15) is 0 Å². The number of aromatic nitrogens is 2. The monoisotopic (exact) mass is 331 g/mol. The lowest BCUT2D eigenvalue weighted by Gasteiger charge is -2.10. The molecular weight excluding hydrogens is 306 g/mol. The van der Waals surface area contributed by atoms with Gasteiger partial charge < -0.3 is 9.88 Å². The number of thioether (sulfide) groups is 1. The summed E-state index contributed by atoms with van der Waals surface area (Å²) in [6.45, 7) is 9.25. The van der Waals surface area contributed by atoms with E-state index in [1.807, 2.05) is 38.1 Å². The summed E-state index contributed by atoms with van der Waals surface area (Å²) >= 11 is 1.51. The van der Waals surface area contributed by atoms with Crippen molar-refractivity contribution < 1.29 is 4.79 Å². The largest absolute Gasteiger partial charge is 0.325 e. The molecule has 0 aliphatic carbocycles. The molecule has 0 saturated carbocycles. The number of nitrogens with zero attached hydrogens (tertiary/aromatic N) is 2. The maximum Gasteiger partial charge on any atom is 0.234 e. The molecule has 2 aromatic rings. The molecule has 5 heteroatoms. The zero-order chi connectivity index (χ0) is 16.8. The Morgan fingerprint density at radius 2 is 2.00 bits per heavy atom. The Balaban J connectivity index is 1.99. The van der Waals surface area contributed by atoms with Crippen LogP contribution in [0.25, 0.3) is 0 Å². The number of rotatable bonds is 7. The molecule has 0 atom stereocenters. The molecule has 1 amide bonds. The van der Waals surface area contributed by atoms with E-state index in [1.54, 1.807) is 0 Å². The summed E-state index contributed by atoms with van der Waals surface area (Å²) in [5, 5.41) is 3.91. The number of carbonyl (C=O) groups excluding carboxylic acids is 1. The Hall–Kier alpha value is -1.75. The molecule has 0 aliphatic heterocycles.